The summed E-state index contributed by atoms with van der Waals surface area (Å²) in [5.74, 6) is 0.138. The molecule has 1 N–H and O–H groups in total. The zero-order valence-electron chi connectivity index (χ0n) is 13.8. The van der Waals surface area contributed by atoms with Crippen molar-refractivity contribution in [3.8, 4) is 0 Å². The highest BCUT2D eigenvalue weighted by Crippen LogP contribution is 2.28. The number of benzene rings is 1. The predicted octanol–water partition coefficient (Wildman–Crippen LogP) is 2.01. The van der Waals surface area contributed by atoms with E-state index in [1.165, 1.54) is 29.6 Å². The molecule has 1 heterocycles. The molecule has 130 valence electrons. The highest BCUT2D eigenvalue weighted by molar-refractivity contribution is 7.86. The zero-order chi connectivity index (χ0) is 17.2. The van der Waals surface area contributed by atoms with Crippen LogP contribution in [0.25, 0.3) is 0 Å². The van der Waals surface area contributed by atoms with Gasteiger partial charge in [-0.05, 0) is 36.0 Å². The number of likely N-dealkylation sites (N-methyl/N-ethyl adjacent to an activating group) is 1. The fourth-order valence-corrected chi connectivity index (χ4v) is 5.04. The van der Waals surface area contributed by atoms with Crippen molar-refractivity contribution in [2.75, 3.05) is 26.7 Å². The molecule has 1 aromatic carbocycles. The van der Waals surface area contributed by atoms with E-state index in [0.29, 0.717) is 30.5 Å². The maximum Gasteiger partial charge on any atom is 0.282 e. The number of piperidine rings is 1. The van der Waals surface area contributed by atoms with E-state index in [1.54, 1.807) is 6.07 Å². The maximum atomic E-state index is 13.4. The standard InChI is InChI=1S/C16H25FN2O3S/c1-12-7-13(2)10-19(9-12)23(21,22)18(3)16(11-20)14-5-4-6-15(17)8-14/h4-6,8,12-13,16,20H,7,9-11H2,1-3H3/t12-,13-,16+/m1/s1. The van der Waals surface area contributed by atoms with Crippen LogP contribution in [0.4, 0.5) is 4.39 Å². The van der Waals surface area contributed by atoms with E-state index in [9.17, 15) is 17.9 Å². The Bertz CT molecular complexity index is 628. The molecule has 7 heteroatoms. The van der Waals surface area contributed by atoms with E-state index in [1.807, 2.05) is 13.8 Å². The molecule has 2 rings (SSSR count). The van der Waals surface area contributed by atoms with Gasteiger partial charge in [-0.3, -0.25) is 0 Å². The lowest BCUT2D eigenvalue weighted by atomic mass is 9.94. The number of nitrogens with zero attached hydrogens (tertiary/aromatic N) is 2. The number of aliphatic hydroxyl groups is 1. The Balaban J connectivity index is 2.26. The van der Waals surface area contributed by atoms with Gasteiger partial charge in [-0.15, -0.1) is 0 Å². The number of rotatable bonds is 5. The van der Waals surface area contributed by atoms with Gasteiger partial charge >= 0.3 is 0 Å². The smallest absolute Gasteiger partial charge is 0.282 e. The number of aliphatic hydroxyl groups excluding tert-OH is 1. The largest absolute Gasteiger partial charge is 0.394 e. The Labute approximate surface area is 137 Å². The second-order valence-electron chi connectivity index (χ2n) is 6.54. The first kappa shape index (κ1) is 18.3. The molecular weight excluding hydrogens is 319 g/mol. The molecule has 1 aromatic rings. The molecule has 0 radical (unpaired) electrons. The van der Waals surface area contributed by atoms with Crippen molar-refractivity contribution >= 4 is 10.2 Å². The molecule has 0 spiro atoms. The molecule has 3 atom stereocenters. The molecule has 0 aromatic heterocycles. The van der Waals surface area contributed by atoms with Crippen LogP contribution >= 0.6 is 0 Å². The Morgan fingerprint density at radius 2 is 1.96 bits per heavy atom. The lowest BCUT2D eigenvalue weighted by Gasteiger charge is -2.38. The summed E-state index contributed by atoms with van der Waals surface area (Å²) in [5, 5.41) is 9.66. The molecule has 1 saturated heterocycles. The van der Waals surface area contributed by atoms with Gasteiger partial charge in [0.15, 0.2) is 0 Å². The van der Waals surface area contributed by atoms with E-state index >= 15 is 0 Å². The summed E-state index contributed by atoms with van der Waals surface area (Å²) < 4.78 is 41.8. The second-order valence-corrected chi connectivity index (χ2v) is 8.53. The van der Waals surface area contributed by atoms with Crippen LogP contribution in [-0.4, -0.2) is 48.9 Å². The van der Waals surface area contributed by atoms with Crippen molar-refractivity contribution in [3.63, 3.8) is 0 Å². The van der Waals surface area contributed by atoms with Crippen molar-refractivity contribution in [1.82, 2.24) is 8.61 Å². The topological polar surface area (TPSA) is 60.9 Å². The third-order valence-electron chi connectivity index (χ3n) is 4.37. The monoisotopic (exact) mass is 344 g/mol. The van der Waals surface area contributed by atoms with E-state index in [4.69, 9.17) is 0 Å². The normalized spacial score (nSPS) is 24.8. The van der Waals surface area contributed by atoms with Crippen LogP contribution < -0.4 is 0 Å². The number of hydrogen-bond donors (Lipinski definition) is 1. The summed E-state index contributed by atoms with van der Waals surface area (Å²) >= 11 is 0. The maximum absolute atomic E-state index is 13.4. The van der Waals surface area contributed by atoms with Crippen LogP contribution in [-0.2, 0) is 10.2 Å². The molecule has 0 saturated carbocycles. The van der Waals surface area contributed by atoms with Gasteiger partial charge in [0.25, 0.3) is 10.2 Å². The van der Waals surface area contributed by atoms with Crippen molar-refractivity contribution in [1.29, 1.82) is 0 Å². The lowest BCUT2D eigenvalue weighted by molar-refractivity contribution is 0.177. The van der Waals surface area contributed by atoms with E-state index in [2.05, 4.69) is 0 Å². The van der Waals surface area contributed by atoms with Crippen LogP contribution in [0, 0.1) is 17.7 Å². The van der Waals surface area contributed by atoms with E-state index < -0.39 is 28.7 Å². The molecule has 0 amide bonds. The molecule has 0 unspecified atom stereocenters. The van der Waals surface area contributed by atoms with Crippen LogP contribution in [0.3, 0.4) is 0 Å². The van der Waals surface area contributed by atoms with Crippen LogP contribution in [0.15, 0.2) is 24.3 Å². The molecule has 5 nitrogen and oxygen atoms in total. The minimum atomic E-state index is -3.72. The Kier molecular flexibility index (Phi) is 5.78. The first-order chi connectivity index (χ1) is 10.8. The van der Waals surface area contributed by atoms with E-state index in [0.717, 1.165) is 10.7 Å². The van der Waals surface area contributed by atoms with Gasteiger partial charge in [0.1, 0.15) is 5.82 Å². The summed E-state index contributed by atoms with van der Waals surface area (Å²) in [4.78, 5) is 0. The molecule has 0 bridgehead atoms. The van der Waals surface area contributed by atoms with Crippen LogP contribution in [0.1, 0.15) is 31.9 Å². The summed E-state index contributed by atoms with van der Waals surface area (Å²) in [6.07, 6.45) is 1.00. The lowest BCUT2D eigenvalue weighted by Crippen LogP contribution is -2.49. The average Bonchev–Trinajstić information content (AvgIpc) is 2.47. The van der Waals surface area contributed by atoms with Gasteiger partial charge in [0, 0.05) is 20.1 Å². The van der Waals surface area contributed by atoms with Gasteiger partial charge in [0.05, 0.1) is 12.6 Å². The van der Waals surface area contributed by atoms with Crippen LogP contribution in [0.5, 0.6) is 0 Å². The highest BCUT2D eigenvalue weighted by atomic mass is 32.2. The minimum absolute atomic E-state index is 0.295. The Hall–Kier alpha value is -1.02. The van der Waals surface area contributed by atoms with Crippen molar-refractivity contribution in [3.05, 3.63) is 35.6 Å². The molecule has 1 aliphatic heterocycles. The average molecular weight is 344 g/mol. The summed E-state index contributed by atoms with van der Waals surface area (Å²) in [6, 6.07) is 4.88. The fourth-order valence-electron chi connectivity index (χ4n) is 3.28. The third-order valence-corrected chi connectivity index (χ3v) is 6.30. The quantitative estimate of drug-likeness (QED) is 0.889. The SMILES string of the molecule is C[C@@H]1C[C@@H](C)CN(S(=O)(=O)N(C)[C@@H](CO)c2cccc(F)c2)C1. The first-order valence-electron chi connectivity index (χ1n) is 7.85. The Morgan fingerprint density at radius 3 is 2.48 bits per heavy atom. The predicted molar refractivity (Wildman–Crippen MR) is 87.4 cm³/mol. The molecule has 1 fully saturated rings. The molecule has 0 aliphatic carbocycles. The summed E-state index contributed by atoms with van der Waals surface area (Å²) in [6.45, 7) is 4.61. The van der Waals surface area contributed by atoms with Gasteiger partial charge < -0.3 is 5.11 Å². The molecular formula is C16H25FN2O3S. The van der Waals surface area contributed by atoms with Gasteiger partial charge in [-0.2, -0.15) is 17.0 Å². The van der Waals surface area contributed by atoms with Crippen molar-refractivity contribution in [2.45, 2.75) is 26.3 Å². The molecule has 23 heavy (non-hydrogen) atoms. The van der Waals surface area contributed by atoms with Crippen molar-refractivity contribution < 1.29 is 17.9 Å². The summed E-state index contributed by atoms with van der Waals surface area (Å²) in [7, 11) is -2.28. The first-order valence-corrected chi connectivity index (χ1v) is 9.24. The third kappa shape index (κ3) is 4.09. The highest BCUT2D eigenvalue weighted by Gasteiger charge is 2.36. The number of hydrogen-bond acceptors (Lipinski definition) is 3. The number of halogens is 1. The minimum Gasteiger partial charge on any atom is -0.394 e. The molecule has 1 aliphatic rings. The second kappa shape index (κ2) is 7.25. The van der Waals surface area contributed by atoms with Crippen LogP contribution in [0.2, 0.25) is 0 Å². The van der Waals surface area contributed by atoms with E-state index in [-0.39, 0.29) is 0 Å². The Morgan fingerprint density at radius 1 is 1.35 bits per heavy atom. The fraction of sp³-hybridized carbons (Fsp3) is 0.625. The zero-order valence-corrected chi connectivity index (χ0v) is 14.6. The van der Waals surface area contributed by atoms with Gasteiger partial charge in [0.2, 0.25) is 0 Å². The van der Waals surface area contributed by atoms with Gasteiger partial charge in [-0.1, -0.05) is 26.0 Å². The van der Waals surface area contributed by atoms with Gasteiger partial charge in [-0.25, -0.2) is 4.39 Å². The summed E-state index contributed by atoms with van der Waals surface area (Å²) in [5.41, 5.74) is 0.441. The van der Waals surface area contributed by atoms with Crippen molar-refractivity contribution in [2.24, 2.45) is 11.8 Å².